The molecule has 29 heavy (non-hydrogen) atoms. The molecule has 0 bridgehead atoms. The van der Waals surface area contributed by atoms with Gasteiger partial charge in [0.05, 0.1) is 24.0 Å². The second-order valence-corrected chi connectivity index (χ2v) is 8.75. The van der Waals surface area contributed by atoms with Gasteiger partial charge in [0, 0.05) is 38.0 Å². The van der Waals surface area contributed by atoms with Crippen LogP contribution in [-0.4, -0.2) is 49.7 Å². The molecule has 0 unspecified atom stereocenters. The molecule has 1 aromatic heterocycles. The van der Waals surface area contributed by atoms with E-state index in [0.29, 0.717) is 37.7 Å². The SMILES string of the molecule is CC1CC(n2nnc3c2CN(C(=O)c2ccc(CN4CCCC4=O)cc2)CC3)C1. The molecule has 2 aliphatic heterocycles. The smallest absolute Gasteiger partial charge is 0.254 e. The molecule has 0 atom stereocenters. The highest BCUT2D eigenvalue weighted by Crippen LogP contribution is 2.38. The number of fused-ring (bicyclic) bond motifs is 1. The van der Waals surface area contributed by atoms with E-state index in [1.54, 1.807) is 0 Å². The van der Waals surface area contributed by atoms with Crippen molar-refractivity contribution in [1.82, 2.24) is 24.8 Å². The molecule has 2 fully saturated rings. The Labute approximate surface area is 170 Å². The maximum atomic E-state index is 13.1. The van der Waals surface area contributed by atoms with Gasteiger partial charge < -0.3 is 9.80 Å². The van der Waals surface area contributed by atoms with Crippen molar-refractivity contribution >= 4 is 11.8 Å². The topological polar surface area (TPSA) is 71.3 Å². The quantitative estimate of drug-likeness (QED) is 0.800. The first-order valence-corrected chi connectivity index (χ1v) is 10.7. The standard InChI is InChI=1S/C22H27N5O2/c1-15-11-18(12-15)27-20-14-26(10-8-19(20)23-24-27)22(29)17-6-4-16(5-7-17)13-25-9-2-3-21(25)28/h4-7,15,18H,2-3,8-14H2,1H3. The molecule has 152 valence electrons. The van der Waals surface area contributed by atoms with Crippen LogP contribution in [0.2, 0.25) is 0 Å². The molecule has 2 amide bonds. The molecule has 1 saturated heterocycles. The molecule has 5 rings (SSSR count). The highest BCUT2D eigenvalue weighted by molar-refractivity contribution is 5.94. The van der Waals surface area contributed by atoms with Gasteiger partial charge in [-0.25, -0.2) is 4.68 Å². The fourth-order valence-electron chi connectivity index (χ4n) is 4.76. The number of amides is 2. The van der Waals surface area contributed by atoms with E-state index >= 15 is 0 Å². The monoisotopic (exact) mass is 393 g/mol. The van der Waals surface area contributed by atoms with Crippen molar-refractivity contribution < 1.29 is 9.59 Å². The third-order valence-corrected chi connectivity index (χ3v) is 6.56. The molecular weight excluding hydrogens is 366 g/mol. The Balaban J connectivity index is 1.26. The molecule has 7 nitrogen and oxygen atoms in total. The Kier molecular flexibility index (Phi) is 4.60. The molecule has 0 radical (unpaired) electrons. The zero-order valence-corrected chi connectivity index (χ0v) is 16.9. The molecule has 1 saturated carbocycles. The summed E-state index contributed by atoms with van der Waals surface area (Å²) >= 11 is 0. The minimum Gasteiger partial charge on any atom is -0.338 e. The first-order valence-electron chi connectivity index (χ1n) is 10.7. The second kappa shape index (κ2) is 7.28. The summed E-state index contributed by atoms with van der Waals surface area (Å²) in [5.41, 5.74) is 3.91. The van der Waals surface area contributed by atoms with Gasteiger partial charge in [0.2, 0.25) is 5.91 Å². The van der Waals surface area contributed by atoms with E-state index in [1.807, 2.05) is 34.1 Å². The summed E-state index contributed by atoms with van der Waals surface area (Å²) in [5, 5.41) is 8.74. The van der Waals surface area contributed by atoms with Crippen LogP contribution in [-0.2, 0) is 24.3 Å². The Morgan fingerprint density at radius 2 is 1.93 bits per heavy atom. The third kappa shape index (κ3) is 3.43. The predicted octanol–water partition coefficient (Wildman–Crippen LogP) is 2.57. The molecule has 0 spiro atoms. The fourth-order valence-corrected chi connectivity index (χ4v) is 4.76. The van der Waals surface area contributed by atoms with Crippen LogP contribution in [0.25, 0.3) is 0 Å². The second-order valence-electron chi connectivity index (χ2n) is 8.75. The van der Waals surface area contributed by atoms with Crippen molar-refractivity contribution in [1.29, 1.82) is 0 Å². The lowest BCUT2D eigenvalue weighted by atomic mass is 9.82. The molecule has 1 aromatic carbocycles. The van der Waals surface area contributed by atoms with E-state index in [2.05, 4.69) is 21.9 Å². The molecule has 1 aliphatic carbocycles. The average Bonchev–Trinajstić information content (AvgIpc) is 3.31. The number of benzene rings is 1. The Bertz CT molecular complexity index is 929. The molecule has 0 N–H and O–H groups in total. The number of rotatable bonds is 4. The lowest BCUT2D eigenvalue weighted by Crippen LogP contribution is -2.38. The number of hydrogen-bond donors (Lipinski definition) is 0. The molecule has 3 heterocycles. The first kappa shape index (κ1) is 18.3. The Hall–Kier alpha value is -2.70. The minimum atomic E-state index is 0.0502. The van der Waals surface area contributed by atoms with Gasteiger partial charge in [0.1, 0.15) is 0 Å². The minimum absolute atomic E-state index is 0.0502. The van der Waals surface area contributed by atoms with E-state index in [0.717, 1.165) is 55.1 Å². The third-order valence-electron chi connectivity index (χ3n) is 6.56. The number of carbonyl (C=O) groups excluding carboxylic acids is 2. The zero-order chi connectivity index (χ0) is 20.0. The number of likely N-dealkylation sites (tertiary alicyclic amines) is 1. The largest absolute Gasteiger partial charge is 0.338 e. The first-order chi connectivity index (χ1) is 14.1. The number of nitrogens with zero attached hydrogens (tertiary/aromatic N) is 5. The van der Waals surface area contributed by atoms with Crippen LogP contribution in [0.15, 0.2) is 24.3 Å². The summed E-state index contributed by atoms with van der Waals surface area (Å²) in [5.74, 6) is 1.02. The number of aromatic nitrogens is 3. The number of hydrogen-bond acceptors (Lipinski definition) is 4. The summed E-state index contributed by atoms with van der Waals surface area (Å²) in [6.45, 7) is 4.98. The van der Waals surface area contributed by atoms with E-state index < -0.39 is 0 Å². The van der Waals surface area contributed by atoms with Crippen LogP contribution in [0, 0.1) is 5.92 Å². The van der Waals surface area contributed by atoms with E-state index in [1.165, 1.54) is 0 Å². The summed E-state index contributed by atoms with van der Waals surface area (Å²) in [6.07, 6.45) is 4.64. The van der Waals surface area contributed by atoms with Gasteiger partial charge in [-0.05, 0) is 42.9 Å². The van der Waals surface area contributed by atoms with Crippen molar-refractivity contribution in [2.75, 3.05) is 13.1 Å². The Morgan fingerprint density at radius 1 is 1.14 bits per heavy atom. The lowest BCUT2D eigenvalue weighted by molar-refractivity contribution is -0.128. The predicted molar refractivity (Wildman–Crippen MR) is 107 cm³/mol. The summed E-state index contributed by atoms with van der Waals surface area (Å²) in [6, 6.07) is 8.14. The summed E-state index contributed by atoms with van der Waals surface area (Å²) in [4.78, 5) is 28.7. The van der Waals surface area contributed by atoms with Crippen LogP contribution < -0.4 is 0 Å². The highest BCUT2D eigenvalue weighted by atomic mass is 16.2. The van der Waals surface area contributed by atoms with Gasteiger partial charge >= 0.3 is 0 Å². The van der Waals surface area contributed by atoms with Gasteiger partial charge in [-0.1, -0.05) is 24.3 Å². The average molecular weight is 393 g/mol. The maximum absolute atomic E-state index is 13.1. The van der Waals surface area contributed by atoms with Gasteiger partial charge in [-0.3, -0.25) is 9.59 Å². The lowest BCUT2D eigenvalue weighted by Gasteiger charge is -2.35. The van der Waals surface area contributed by atoms with Gasteiger partial charge in [-0.2, -0.15) is 0 Å². The highest BCUT2D eigenvalue weighted by Gasteiger charge is 2.33. The van der Waals surface area contributed by atoms with Crippen molar-refractivity contribution in [2.24, 2.45) is 5.92 Å². The van der Waals surface area contributed by atoms with Crippen LogP contribution in [0.4, 0.5) is 0 Å². The van der Waals surface area contributed by atoms with Crippen LogP contribution in [0.1, 0.15) is 66.0 Å². The Morgan fingerprint density at radius 3 is 2.62 bits per heavy atom. The van der Waals surface area contributed by atoms with Crippen LogP contribution in [0.3, 0.4) is 0 Å². The zero-order valence-electron chi connectivity index (χ0n) is 16.9. The van der Waals surface area contributed by atoms with Crippen molar-refractivity contribution in [3.05, 3.63) is 46.8 Å². The van der Waals surface area contributed by atoms with E-state index in [4.69, 9.17) is 0 Å². The molecule has 7 heteroatoms. The molecule has 3 aliphatic rings. The maximum Gasteiger partial charge on any atom is 0.254 e. The molecular formula is C22H27N5O2. The number of carbonyl (C=O) groups is 2. The van der Waals surface area contributed by atoms with Crippen LogP contribution >= 0.6 is 0 Å². The van der Waals surface area contributed by atoms with Crippen molar-refractivity contribution in [3.8, 4) is 0 Å². The molecule has 2 aromatic rings. The fraction of sp³-hybridized carbons (Fsp3) is 0.545. The van der Waals surface area contributed by atoms with E-state index in [9.17, 15) is 9.59 Å². The van der Waals surface area contributed by atoms with Gasteiger partial charge in [0.15, 0.2) is 0 Å². The van der Waals surface area contributed by atoms with Crippen molar-refractivity contribution in [3.63, 3.8) is 0 Å². The van der Waals surface area contributed by atoms with Gasteiger partial charge in [-0.15, -0.1) is 5.10 Å². The summed E-state index contributed by atoms with van der Waals surface area (Å²) < 4.78 is 2.06. The van der Waals surface area contributed by atoms with Crippen LogP contribution in [0.5, 0.6) is 0 Å². The van der Waals surface area contributed by atoms with Crippen molar-refractivity contribution in [2.45, 2.75) is 58.2 Å². The normalized spacial score (nSPS) is 23.8. The van der Waals surface area contributed by atoms with E-state index in [-0.39, 0.29) is 11.8 Å². The van der Waals surface area contributed by atoms with Gasteiger partial charge in [0.25, 0.3) is 5.91 Å². The summed E-state index contributed by atoms with van der Waals surface area (Å²) in [7, 11) is 0.